The van der Waals surface area contributed by atoms with Crippen LogP contribution in [0.3, 0.4) is 0 Å². The predicted octanol–water partition coefficient (Wildman–Crippen LogP) is 2.56. The van der Waals surface area contributed by atoms with Crippen molar-refractivity contribution < 1.29 is 14.3 Å². The van der Waals surface area contributed by atoms with Gasteiger partial charge in [0.15, 0.2) is 0 Å². The summed E-state index contributed by atoms with van der Waals surface area (Å²) in [7, 11) is 0. The predicted molar refractivity (Wildman–Crippen MR) is 70.0 cm³/mol. The smallest absolute Gasteiger partial charge is 0.427 e. The number of nitrogens with one attached hydrogen (secondary N) is 1. The van der Waals surface area contributed by atoms with Gasteiger partial charge in [-0.25, -0.2) is 10.2 Å². The largest absolute Gasteiger partial charge is 0.494 e. The van der Waals surface area contributed by atoms with Gasteiger partial charge < -0.3 is 9.47 Å². The minimum atomic E-state index is -0.553. The molecule has 0 radical (unpaired) electrons. The van der Waals surface area contributed by atoms with Gasteiger partial charge in [0.2, 0.25) is 0 Å². The lowest BCUT2D eigenvalue weighted by Gasteiger charge is -2.05. The van der Waals surface area contributed by atoms with Gasteiger partial charge >= 0.3 is 6.09 Å². The second kappa shape index (κ2) is 7.32. The number of amides is 1. The number of carbonyl (C=O) groups is 1. The van der Waals surface area contributed by atoms with Gasteiger partial charge in [-0.05, 0) is 50.6 Å². The highest BCUT2D eigenvalue weighted by Crippen LogP contribution is 2.12. The quantitative estimate of drug-likeness (QED) is 0.645. The van der Waals surface area contributed by atoms with Crippen molar-refractivity contribution in [2.75, 3.05) is 13.2 Å². The Morgan fingerprint density at radius 1 is 1.22 bits per heavy atom. The molecule has 1 N–H and O–H groups in total. The van der Waals surface area contributed by atoms with Crippen LogP contribution in [0, 0.1) is 0 Å². The van der Waals surface area contributed by atoms with Crippen LogP contribution in [0.2, 0.25) is 0 Å². The number of hydrogen-bond acceptors (Lipinski definition) is 4. The lowest BCUT2D eigenvalue weighted by molar-refractivity contribution is 0.152. The first-order chi connectivity index (χ1) is 8.67. The van der Waals surface area contributed by atoms with Crippen molar-refractivity contribution in [2.24, 2.45) is 5.10 Å². The van der Waals surface area contributed by atoms with Crippen molar-refractivity contribution in [1.82, 2.24) is 5.43 Å². The third-order valence-electron chi connectivity index (χ3n) is 2.17. The Balaban J connectivity index is 2.62. The molecule has 18 heavy (non-hydrogen) atoms. The Labute approximate surface area is 107 Å². The van der Waals surface area contributed by atoms with Gasteiger partial charge in [0, 0.05) is 0 Å². The summed E-state index contributed by atoms with van der Waals surface area (Å²) >= 11 is 0. The molecule has 0 saturated carbocycles. The van der Waals surface area contributed by atoms with Gasteiger partial charge in [0.05, 0.1) is 18.9 Å². The molecular weight excluding hydrogens is 232 g/mol. The maximum absolute atomic E-state index is 11.1. The molecule has 0 spiro atoms. The Bertz CT molecular complexity index is 413. The number of carbonyl (C=O) groups excluding carboxylic acids is 1. The number of rotatable bonds is 5. The molecule has 0 aliphatic heterocycles. The van der Waals surface area contributed by atoms with Gasteiger partial charge in [0.1, 0.15) is 5.75 Å². The summed E-state index contributed by atoms with van der Waals surface area (Å²) in [6.45, 7) is 6.44. The molecule has 0 fully saturated rings. The van der Waals surface area contributed by atoms with E-state index in [0.717, 1.165) is 11.3 Å². The van der Waals surface area contributed by atoms with Crippen LogP contribution in [0.15, 0.2) is 29.4 Å². The van der Waals surface area contributed by atoms with Crippen LogP contribution in [-0.4, -0.2) is 25.0 Å². The number of ether oxygens (including phenoxy) is 2. The normalized spacial score (nSPS) is 10.9. The third kappa shape index (κ3) is 4.45. The minimum absolute atomic E-state index is 0.323. The molecule has 0 aliphatic carbocycles. The molecule has 0 aliphatic rings. The Kier molecular flexibility index (Phi) is 5.70. The first-order valence-corrected chi connectivity index (χ1v) is 5.87. The molecular formula is C13H18N2O3. The fourth-order valence-electron chi connectivity index (χ4n) is 1.32. The third-order valence-corrected chi connectivity index (χ3v) is 2.17. The zero-order valence-electron chi connectivity index (χ0n) is 10.9. The van der Waals surface area contributed by atoms with E-state index >= 15 is 0 Å². The molecule has 0 saturated heterocycles. The Hall–Kier alpha value is -2.04. The average Bonchev–Trinajstić information content (AvgIpc) is 2.37. The van der Waals surface area contributed by atoms with Crippen LogP contribution in [0.5, 0.6) is 5.75 Å². The van der Waals surface area contributed by atoms with Gasteiger partial charge in [-0.1, -0.05) is 0 Å². The van der Waals surface area contributed by atoms with Gasteiger partial charge in [-0.2, -0.15) is 5.10 Å². The van der Waals surface area contributed by atoms with Crippen LogP contribution < -0.4 is 10.2 Å². The van der Waals surface area contributed by atoms with Gasteiger partial charge in [0.25, 0.3) is 0 Å². The van der Waals surface area contributed by atoms with Gasteiger partial charge in [-0.3, -0.25) is 0 Å². The highest BCUT2D eigenvalue weighted by atomic mass is 16.5. The van der Waals surface area contributed by atoms with Crippen LogP contribution in [0.25, 0.3) is 0 Å². The summed E-state index contributed by atoms with van der Waals surface area (Å²) in [5, 5.41) is 3.94. The lowest BCUT2D eigenvalue weighted by atomic mass is 10.1. The topological polar surface area (TPSA) is 59.9 Å². The highest BCUT2D eigenvalue weighted by Gasteiger charge is 2.01. The number of benzene rings is 1. The number of hydrogen-bond donors (Lipinski definition) is 1. The van der Waals surface area contributed by atoms with Crippen molar-refractivity contribution in [1.29, 1.82) is 0 Å². The van der Waals surface area contributed by atoms with E-state index in [1.807, 2.05) is 38.1 Å². The first kappa shape index (κ1) is 14.0. The van der Waals surface area contributed by atoms with Crippen LogP contribution in [-0.2, 0) is 4.74 Å². The van der Waals surface area contributed by atoms with E-state index in [9.17, 15) is 4.79 Å². The summed E-state index contributed by atoms with van der Waals surface area (Å²) in [5.74, 6) is 0.812. The maximum atomic E-state index is 11.1. The summed E-state index contributed by atoms with van der Waals surface area (Å²) in [6.07, 6.45) is -0.553. The van der Waals surface area contributed by atoms with Crippen molar-refractivity contribution in [2.45, 2.75) is 20.8 Å². The van der Waals surface area contributed by atoms with E-state index in [4.69, 9.17) is 9.47 Å². The van der Waals surface area contributed by atoms with Crippen LogP contribution in [0.4, 0.5) is 4.79 Å². The maximum Gasteiger partial charge on any atom is 0.427 e. The fraction of sp³-hybridized carbons (Fsp3) is 0.385. The zero-order chi connectivity index (χ0) is 13.4. The molecule has 1 amide bonds. The first-order valence-electron chi connectivity index (χ1n) is 5.87. The van der Waals surface area contributed by atoms with E-state index in [2.05, 4.69) is 10.5 Å². The second-order valence-electron chi connectivity index (χ2n) is 3.49. The summed E-state index contributed by atoms with van der Waals surface area (Å²) in [5.41, 5.74) is 3.93. The molecule has 1 rings (SSSR count). The molecule has 1 aromatic rings. The van der Waals surface area contributed by atoms with Crippen molar-refractivity contribution in [3.05, 3.63) is 29.8 Å². The van der Waals surface area contributed by atoms with Crippen LogP contribution in [0.1, 0.15) is 26.3 Å². The summed E-state index contributed by atoms with van der Waals surface area (Å²) < 4.78 is 10.0. The Morgan fingerprint density at radius 2 is 1.89 bits per heavy atom. The zero-order valence-corrected chi connectivity index (χ0v) is 10.9. The molecule has 5 nitrogen and oxygen atoms in total. The average molecular weight is 250 g/mol. The molecule has 0 aromatic heterocycles. The van der Waals surface area contributed by atoms with E-state index in [1.165, 1.54) is 0 Å². The molecule has 0 bridgehead atoms. The number of nitrogens with zero attached hydrogens (tertiary/aromatic N) is 1. The standard InChI is InChI=1S/C13H18N2O3/c1-4-17-12-8-6-11(7-9-12)10(3)14-15-13(16)18-5-2/h6-9H,4-5H2,1-3H3,(H,15,16). The van der Waals surface area contributed by atoms with Crippen molar-refractivity contribution in [3.63, 3.8) is 0 Å². The van der Waals surface area contributed by atoms with Crippen molar-refractivity contribution >= 4 is 11.8 Å². The monoisotopic (exact) mass is 250 g/mol. The van der Waals surface area contributed by atoms with E-state index < -0.39 is 6.09 Å². The van der Waals surface area contributed by atoms with Crippen molar-refractivity contribution in [3.8, 4) is 5.75 Å². The minimum Gasteiger partial charge on any atom is -0.494 e. The van der Waals surface area contributed by atoms with E-state index in [0.29, 0.717) is 18.9 Å². The van der Waals surface area contributed by atoms with E-state index in [-0.39, 0.29) is 0 Å². The van der Waals surface area contributed by atoms with Crippen LogP contribution >= 0.6 is 0 Å². The van der Waals surface area contributed by atoms with Gasteiger partial charge in [-0.15, -0.1) is 0 Å². The van der Waals surface area contributed by atoms with E-state index in [1.54, 1.807) is 6.92 Å². The molecule has 0 heterocycles. The summed E-state index contributed by atoms with van der Waals surface area (Å²) in [6, 6.07) is 7.50. The highest BCUT2D eigenvalue weighted by molar-refractivity contribution is 5.99. The molecule has 1 aromatic carbocycles. The SMILES string of the molecule is CCOC(=O)NN=C(C)c1ccc(OCC)cc1. The lowest BCUT2D eigenvalue weighted by Crippen LogP contribution is -2.20. The second-order valence-corrected chi connectivity index (χ2v) is 3.49. The Morgan fingerprint density at radius 3 is 2.44 bits per heavy atom. The summed E-state index contributed by atoms with van der Waals surface area (Å²) in [4.78, 5) is 11.1. The fourth-order valence-corrected chi connectivity index (χ4v) is 1.32. The molecule has 98 valence electrons. The molecule has 5 heteroatoms. The molecule has 0 unspecified atom stereocenters. The number of hydrazone groups is 1. The molecule has 0 atom stereocenters.